The molecule has 2 rings (SSSR count). The smallest absolute Gasteiger partial charge is 0.253 e. The van der Waals surface area contributed by atoms with Gasteiger partial charge in [-0.1, -0.05) is 6.07 Å². The molecule has 0 radical (unpaired) electrons. The Morgan fingerprint density at radius 1 is 1.44 bits per heavy atom. The Bertz CT molecular complexity index is 562. The van der Waals surface area contributed by atoms with Crippen LogP contribution < -0.4 is 11.3 Å². The lowest BCUT2D eigenvalue weighted by molar-refractivity contribution is 0.729. The van der Waals surface area contributed by atoms with Gasteiger partial charge in [0.15, 0.2) is 0 Å². The Balaban J connectivity index is 2.35. The lowest BCUT2D eigenvalue weighted by atomic mass is 10.2. The van der Waals surface area contributed by atoms with Gasteiger partial charge >= 0.3 is 0 Å². The van der Waals surface area contributed by atoms with Crippen LogP contribution in [0, 0.1) is 6.92 Å². The van der Waals surface area contributed by atoms with Crippen LogP contribution in [0.1, 0.15) is 11.3 Å². The molecule has 0 unspecified atom stereocenters. The lowest BCUT2D eigenvalue weighted by Gasteiger charge is -2.06. The third kappa shape index (κ3) is 2.08. The van der Waals surface area contributed by atoms with Crippen molar-refractivity contribution in [3.63, 3.8) is 0 Å². The minimum atomic E-state index is -0.0873. The molecule has 2 N–H and O–H groups in total. The molecular weight excluding hydrogens is 204 g/mol. The molecule has 0 aliphatic carbocycles. The number of hydrogen-bond donors (Lipinski definition) is 1. The first-order valence-electron chi connectivity index (χ1n) is 4.89. The number of anilines is 1. The van der Waals surface area contributed by atoms with Gasteiger partial charge in [0.2, 0.25) is 0 Å². The Hall–Kier alpha value is -2.17. The van der Waals surface area contributed by atoms with E-state index in [1.54, 1.807) is 19.2 Å². The number of nitrogens with zero attached hydrogens (tertiary/aromatic N) is 3. The maximum atomic E-state index is 11.6. The van der Waals surface area contributed by atoms with Gasteiger partial charge in [0.1, 0.15) is 5.82 Å². The summed E-state index contributed by atoms with van der Waals surface area (Å²) in [5.41, 5.74) is 7.14. The Morgan fingerprint density at radius 2 is 2.25 bits per heavy atom. The van der Waals surface area contributed by atoms with E-state index in [0.717, 1.165) is 5.56 Å². The first-order chi connectivity index (χ1) is 7.66. The number of pyridine rings is 1. The van der Waals surface area contributed by atoms with Crippen molar-refractivity contribution in [3.05, 3.63) is 52.3 Å². The predicted octanol–water partition coefficient (Wildman–Crippen LogP) is 0.577. The van der Waals surface area contributed by atoms with E-state index in [-0.39, 0.29) is 5.56 Å². The average molecular weight is 216 g/mol. The first kappa shape index (κ1) is 10.4. The fourth-order valence-electron chi connectivity index (χ4n) is 1.40. The average Bonchev–Trinajstić information content (AvgIpc) is 2.25. The molecule has 82 valence electrons. The van der Waals surface area contributed by atoms with Crippen LogP contribution in [0.4, 0.5) is 5.82 Å². The zero-order valence-electron chi connectivity index (χ0n) is 8.92. The van der Waals surface area contributed by atoms with Crippen molar-refractivity contribution in [1.82, 2.24) is 14.5 Å². The third-order valence-corrected chi connectivity index (χ3v) is 2.28. The molecule has 0 fully saturated rings. The number of hydrogen-bond acceptors (Lipinski definition) is 4. The minimum Gasteiger partial charge on any atom is -0.383 e. The molecule has 0 aliphatic heterocycles. The summed E-state index contributed by atoms with van der Waals surface area (Å²) in [4.78, 5) is 19.6. The van der Waals surface area contributed by atoms with Gasteiger partial charge in [-0.05, 0) is 13.0 Å². The van der Waals surface area contributed by atoms with Crippen molar-refractivity contribution < 1.29 is 0 Å². The monoisotopic (exact) mass is 216 g/mol. The Morgan fingerprint density at radius 3 is 2.94 bits per heavy atom. The van der Waals surface area contributed by atoms with E-state index in [4.69, 9.17) is 5.73 Å². The van der Waals surface area contributed by atoms with Gasteiger partial charge in [0.05, 0.1) is 12.9 Å². The highest BCUT2D eigenvalue weighted by molar-refractivity contribution is 5.38. The molecule has 0 amide bonds. The molecular formula is C11H12N4O. The van der Waals surface area contributed by atoms with Crippen molar-refractivity contribution in [2.24, 2.45) is 0 Å². The molecule has 2 heterocycles. The Kier molecular flexibility index (Phi) is 2.68. The Labute approximate surface area is 92.6 Å². The minimum absolute atomic E-state index is 0.0873. The lowest BCUT2D eigenvalue weighted by Crippen LogP contribution is -2.21. The van der Waals surface area contributed by atoms with Crippen molar-refractivity contribution in [1.29, 1.82) is 0 Å². The van der Waals surface area contributed by atoms with Crippen LogP contribution in [-0.4, -0.2) is 14.5 Å². The molecule has 0 aliphatic rings. The second-order valence-electron chi connectivity index (χ2n) is 3.54. The molecule has 0 bridgehead atoms. The van der Waals surface area contributed by atoms with Gasteiger partial charge in [0.25, 0.3) is 5.56 Å². The van der Waals surface area contributed by atoms with E-state index in [1.807, 2.05) is 6.07 Å². The van der Waals surface area contributed by atoms with Crippen molar-refractivity contribution in [2.45, 2.75) is 13.5 Å². The number of nitrogens with two attached hydrogens (primary N) is 1. The van der Waals surface area contributed by atoms with Gasteiger partial charge < -0.3 is 5.73 Å². The topological polar surface area (TPSA) is 73.8 Å². The number of rotatable bonds is 2. The summed E-state index contributed by atoms with van der Waals surface area (Å²) < 4.78 is 1.50. The molecule has 0 atom stereocenters. The zero-order valence-corrected chi connectivity index (χ0v) is 8.92. The summed E-state index contributed by atoms with van der Waals surface area (Å²) in [5.74, 6) is 0.440. The van der Waals surface area contributed by atoms with Gasteiger partial charge in [-0.3, -0.25) is 9.36 Å². The highest BCUT2D eigenvalue weighted by Crippen LogP contribution is 2.07. The fraction of sp³-hybridized carbons (Fsp3) is 0.182. The second kappa shape index (κ2) is 4.14. The van der Waals surface area contributed by atoms with Crippen molar-refractivity contribution in [3.8, 4) is 0 Å². The van der Waals surface area contributed by atoms with Crippen LogP contribution >= 0.6 is 0 Å². The standard InChI is InChI=1S/C11H12N4O/c1-8-5-10(16)15(7-14-8)6-9-3-2-4-13-11(9)12/h2-5,7H,6H2,1H3,(H2,12,13). The summed E-state index contributed by atoms with van der Waals surface area (Å²) in [7, 11) is 0. The molecule has 0 spiro atoms. The summed E-state index contributed by atoms with van der Waals surface area (Å²) in [6, 6.07) is 5.12. The van der Waals surface area contributed by atoms with Crippen molar-refractivity contribution >= 4 is 5.82 Å². The largest absolute Gasteiger partial charge is 0.383 e. The summed E-state index contributed by atoms with van der Waals surface area (Å²) >= 11 is 0. The molecule has 0 aromatic carbocycles. The summed E-state index contributed by atoms with van der Waals surface area (Å²) in [6.07, 6.45) is 3.14. The van der Waals surface area contributed by atoms with E-state index < -0.39 is 0 Å². The molecule has 5 heteroatoms. The number of nitrogen functional groups attached to an aromatic ring is 1. The maximum absolute atomic E-state index is 11.6. The normalized spacial score (nSPS) is 10.3. The molecule has 2 aromatic rings. The SMILES string of the molecule is Cc1cc(=O)n(Cc2cccnc2N)cn1. The quantitative estimate of drug-likeness (QED) is 0.796. The van der Waals surface area contributed by atoms with E-state index in [9.17, 15) is 4.79 Å². The third-order valence-electron chi connectivity index (χ3n) is 2.28. The van der Waals surface area contributed by atoms with Gasteiger partial charge in [-0.2, -0.15) is 0 Å². The van der Waals surface area contributed by atoms with Crippen molar-refractivity contribution in [2.75, 3.05) is 5.73 Å². The molecule has 0 saturated carbocycles. The van der Waals surface area contributed by atoms with Crippen LogP contribution in [0.2, 0.25) is 0 Å². The van der Waals surface area contributed by atoms with Gasteiger partial charge in [-0.15, -0.1) is 0 Å². The number of aromatic nitrogens is 3. The van der Waals surface area contributed by atoms with Crippen LogP contribution in [0.15, 0.2) is 35.5 Å². The van der Waals surface area contributed by atoms with E-state index in [0.29, 0.717) is 18.1 Å². The van der Waals surface area contributed by atoms with Crippen LogP contribution in [0.25, 0.3) is 0 Å². The fourth-order valence-corrected chi connectivity index (χ4v) is 1.40. The van der Waals surface area contributed by atoms with E-state index in [1.165, 1.54) is 17.0 Å². The highest BCUT2D eigenvalue weighted by Gasteiger charge is 2.02. The van der Waals surface area contributed by atoms with Crippen LogP contribution in [-0.2, 0) is 6.54 Å². The predicted molar refractivity (Wildman–Crippen MR) is 61.0 cm³/mol. The van der Waals surface area contributed by atoms with E-state index >= 15 is 0 Å². The first-order valence-corrected chi connectivity index (χ1v) is 4.89. The molecule has 5 nitrogen and oxygen atoms in total. The molecule has 2 aromatic heterocycles. The zero-order chi connectivity index (χ0) is 11.5. The van der Waals surface area contributed by atoms with Gasteiger partial charge in [-0.25, -0.2) is 9.97 Å². The molecule has 16 heavy (non-hydrogen) atoms. The highest BCUT2D eigenvalue weighted by atomic mass is 16.1. The molecule has 0 saturated heterocycles. The van der Waals surface area contributed by atoms with Gasteiger partial charge in [0, 0.05) is 23.5 Å². The van der Waals surface area contributed by atoms with Crippen LogP contribution in [0.5, 0.6) is 0 Å². The summed E-state index contributed by atoms with van der Waals surface area (Å²) in [6.45, 7) is 2.18. The van der Waals surface area contributed by atoms with Crippen LogP contribution in [0.3, 0.4) is 0 Å². The van der Waals surface area contributed by atoms with E-state index in [2.05, 4.69) is 9.97 Å². The number of aryl methyl sites for hydroxylation is 1. The second-order valence-corrected chi connectivity index (χ2v) is 3.54. The maximum Gasteiger partial charge on any atom is 0.253 e. The summed E-state index contributed by atoms with van der Waals surface area (Å²) in [5, 5.41) is 0.